The summed E-state index contributed by atoms with van der Waals surface area (Å²) in [5.74, 6) is 1.81. The first-order chi connectivity index (χ1) is 21.4. The van der Waals surface area contributed by atoms with Crippen LogP contribution in [0.4, 0.5) is 0 Å². The summed E-state index contributed by atoms with van der Waals surface area (Å²) in [4.78, 5) is 0. The Labute approximate surface area is 250 Å². The number of allylic oxidation sites excluding steroid dienone is 3. The third-order valence-corrected chi connectivity index (χ3v) is 9.34. The van der Waals surface area contributed by atoms with Gasteiger partial charge in [-0.2, -0.15) is 0 Å². The highest BCUT2D eigenvalue weighted by Crippen LogP contribution is 2.65. The highest BCUT2D eigenvalue weighted by molar-refractivity contribution is 6.19. The Morgan fingerprint density at radius 2 is 0.442 bits per heavy atom. The number of benzene rings is 6. The molecule has 0 unspecified atom stereocenters. The van der Waals surface area contributed by atoms with Crippen LogP contribution in [0.25, 0.3) is 39.0 Å². The summed E-state index contributed by atoms with van der Waals surface area (Å²) >= 11 is 0. The Kier molecular flexibility index (Phi) is 4.51. The zero-order valence-corrected chi connectivity index (χ0v) is 23.3. The smallest absolute Gasteiger partial charge is 0.135 e. The first-order valence-electron chi connectivity index (χ1n) is 14.9. The molecule has 1 heteroatoms. The van der Waals surface area contributed by atoms with Gasteiger partial charge in [-0.15, -0.1) is 0 Å². The van der Waals surface area contributed by atoms with Gasteiger partial charge < -0.3 is 4.74 Å². The first kappa shape index (κ1) is 23.0. The molecule has 0 bridgehead atoms. The molecule has 43 heavy (non-hydrogen) atoms. The lowest BCUT2D eigenvalue weighted by Gasteiger charge is -2.22. The van der Waals surface area contributed by atoms with E-state index in [9.17, 15) is 0 Å². The van der Waals surface area contributed by atoms with Gasteiger partial charge in [0.25, 0.3) is 0 Å². The molecule has 0 atom stereocenters. The monoisotopic (exact) mass is 544 g/mol. The van der Waals surface area contributed by atoms with E-state index in [-0.39, 0.29) is 0 Å². The predicted octanol–water partition coefficient (Wildman–Crippen LogP) is 10.6. The molecule has 1 heterocycles. The second-order valence-corrected chi connectivity index (χ2v) is 11.5. The minimum absolute atomic E-state index is 0.906. The van der Waals surface area contributed by atoms with Gasteiger partial charge in [-0.3, -0.25) is 0 Å². The van der Waals surface area contributed by atoms with E-state index in [0.717, 1.165) is 22.6 Å². The van der Waals surface area contributed by atoms with Crippen LogP contribution in [0.5, 0.6) is 11.5 Å². The molecule has 1 saturated carbocycles. The SMILES string of the molecule is c1ccc2c(c1)Oc1ccccc1C2=C1C(=C2c3ccccc3-c3ccccc32)C1=C1c2ccccc2-c2ccccc21. The second-order valence-electron chi connectivity index (χ2n) is 11.5. The van der Waals surface area contributed by atoms with Crippen LogP contribution in [0.2, 0.25) is 0 Å². The molecule has 0 amide bonds. The summed E-state index contributed by atoms with van der Waals surface area (Å²) in [5, 5.41) is 0. The molecule has 1 nitrogen and oxygen atoms in total. The summed E-state index contributed by atoms with van der Waals surface area (Å²) < 4.78 is 6.47. The van der Waals surface area contributed by atoms with Gasteiger partial charge >= 0.3 is 0 Å². The van der Waals surface area contributed by atoms with Crippen LogP contribution >= 0.6 is 0 Å². The van der Waals surface area contributed by atoms with Crippen LogP contribution in [-0.4, -0.2) is 0 Å². The topological polar surface area (TPSA) is 9.23 Å². The van der Waals surface area contributed by atoms with Gasteiger partial charge in [-0.05, 0) is 78.9 Å². The summed E-state index contributed by atoms with van der Waals surface area (Å²) in [6.07, 6.45) is 0. The van der Waals surface area contributed by atoms with Gasteiger partial charge in [0.2, 0.25) is 0 Å². The fourth-order valence-electron chi connectivity index (χ4n) is 7.57. The van der Waals surface area contributed by atoms with E-state index >= 15 is 0 Å². The van der Waals surface area contributed by atoms with Gasteiger partial charge in [0.15, 0.2) is 0 Å². The predicted molar refractivity (Wildman–Crippen MR) is 175 cm³/mol. The van der Waals surface area contributed by atoms with Crippen LogP contribution in [-0.2, 0) is 0 Å². The highest BCUT2D eigenvalue weighted by atomic mass is 16.5. The van der Waals surface area contributed by atoms with Crippen LogP contribution in [0.15, 0.2) is 162 Å². The maximum atomic E-state index is 6.47. The number of fused-ring (bicyclic) bond motifs is 8. The average molecular weight is 545 g/mol. The van der Waals surface area contributed by atoms with Crippen LogP contribution in [0.1, 0.15) is 33.4 Å². The van der Waals surface area contributed by atoms with E-state index in [1.165, 1.54) is 77.9 Å². The van der Waals surface area contributed by atoms with Crippen LogP contribution in [0, 0.1) is 0 Å². The van der Waals surface area contributed by atoms with Crippen molar-refractivity contribution in [2.75, 3.05) is 0 Å². The molecule has 6 aromatic carbocycles. The standard InChI is InChI=1S/C42H24O/c1-5-17-29-25(13-1)26-14-2-6-18-30(26)37(29)40-41(38-31-19-7-3-15-27(31)28-16-4-8-20-32(28)38)42(40)39-33-21-9-11-23-35(33)43-36-24-12-10-22-34(36)39/h1-24H. The van der Waals surface area contributed by atoms with E-state index in [0.29, 0.717) is 0 Å². The van der Waals surface area contributed by atoms with E-state index in [4.69, 9.17) is 4.74 Å². The fourth-order valence-corrected chi connectivity index (χ4v) is 7.57. The third-order valence-electron chi connectivity index (χ3n) is 9.34. The van der Waals surface area contributed by atoms with E-state index in [1.807, 2.05) is 0 Å². The summed E-state index contributed by atoms with van der Waals surface area (Å²) in [7, 11) is 0. The average Bonchev–Trinajstić information content (AvgIpc) is 3.53. The molecule has 198 valence electrons. The van der Waals surface area contributed by atoms with E-state index in [2.05, 4.69) is 146 Å². The van der Waals surface area contributed by atoms with E-state index < -0.39 is 0 Å². The largest absolute Gasteiger partial charge is 0.456 e. The molecule has 0 radical (unpaired) electrons. The van der Waals surface area contributed by atoms with Crippen molar-refractivity contribution in [1.29, 1.82) is 0 Å². The highest BCUT2D eigenvalue weighted by Gasteiger charge is 2.46. The molecular weight excluding hydrogens is 520 g/mol. The Bertz CT molecular complexity index is 2050. The molecule has 1 aliphatic heterocycles. The summed E-state index contributed by atoms with van der Waals surface area (Å²) in [6, 6.07) is 52.5. The van der Waals surface area contributed by atoms with Crippen molar-refractivity contribution in [1.82, 2.24) is 0 Å². The Morgan fingerprint density at radius 1 is 0.209 bits per heavy atom. The molecule has 0 aromatic heterocycles. The normalized spacial score (nSPS) is 14.9. The third kappa shape index (κ3) is 3.06. The molecule has 4 aliphatic rings. The summed E-state index contributed by atoms with van der Waals surface area (Å²) in [5.41, 5.74) is 20.7. The van der Waals surface area contributed by atoms with Crippen molar-refractivity contribution in [3.8, 4) is 33.8 Å². The lowest BCUT2D eigenvalue weighted by atomic mass is 9.92. The Hall–Kier alpha value is -5.66. The maximum Gasteiger partial charge on any atom is 0.135 e. The number of rotatable bonds is 0. The molecular formula is C42H24O. The number of hydrogen-bond donors (Lipinski definition) is 0. The molecule has 0 saturated heterocycles. The van der Waals surface area contributed by atoms with Crippen molar-refractivity contribution < 1.29 is 4.74 Å². The minimum Gasteiger partial charge on any atom is -0.456 e. The zero-order chi connectivity index (χ0) is 28.1. The van der Waals surface area contributed by atoms with Gasteiger partial charge in [0.05, 0.1) is 0 Å². The first-order valence-corrected chi connectivity index (χ1v) is 14.9. The fraction of sp³-hybridized carbons (Fsp3) is 0. The lowest BCUT2D eigenvalue weighted by Crippen LogP contribution is -2.02. The van der Waals surface area contributed by atoms with Gasteiger partial charge in [0, 0.05) is 22.3 Å². The molecule has 0 spiro atoms. The number of para-hydroxylation sites is 2. The van der Waals surface area contributed by atoms with Crippen LogP contribution < -0.4 is 4.74 Å². The molecule has 3 aliphatic carbocycles. The summed E-state index contributed by atoms with van der Waals surface area (Å²) in [6.45, 7) is 0. The molecule has 10 rings (SSSR count). The quantitative estimate of drug-likeness (QED) is 0.184. The minimum atomic E-state index is 0.906. The lowest BCUT2D eigenvalue weighted by molar-refractivity contribution is 0.474. The van der Waals surface area contributed by atoms with E-state index in [1.54, 1.807) is 0 Å². The number of hydrogen-bond acceptors (Lipinski definition) is 1. The van der Waals surface area contributed by atoms with Gasteiger partial charge in [-0.25, -0.2) is 0 Å². The van der Waals surface area contributed by atoms with Crippen molar-refractivity contribution in [3.05, 3.63) is 196 Å². The molecule has 6 aromatic rings. The zero-order valence-electron chi connectivity index (χ0n) is 23.3. The second kappa shape index (κ2) is 8.44. The Balaban J connectivity index is 1.41. The number of ether oxygens (including phenoxy) is 1. The van der Waals surface area contributed by atoms with Crippen molar-refractivity contribution in [2.24, 2.45) is 0 Å². The van der Waals surface area contributed by atoms with Crippen molar-refractivity contribution in [3.63, 3.8) is 0 Å². The van der Waals surface area contributed by atoms with Crippen molar-refractivity contribution in [2.45, 2.75) is 0 Å². The van der Waals surface area contributed by atoms with Gasteiger partial charge in [0.1, 0.15) is 11.5 Å². The van der Waals surface area contributed by atoms with Gasteiger partial charge in [-0.1, -0.05) is 133 Å². The maximum absolute atomic E-state index is 6.47. The van der Waals surface area contributed by atoms with Crippen LogP contribution in [0.3, 0.4) is 0 Å². The Morgan fingerprint density at radius 3 is 0.767 bits per heavy atom. The molecule has 0 N–H and O–H groups in total. The molecule has 1 fully saturated rings. The van der Waals surface area contributed by atoms with Crippen molar-refractivity contribution >= 4 is 16.7 Å².